The highest BCUT2D eigenvalue weighted by atomic mass is 16.3. The zero-order valence-corrected chi connectivity index (χ0v) is 15.6. The van der Waals surface area contributed by atoms with E-state index in [4.69, 9.17) is 0 Å². The highest BCUT2D eigenvalue weighted by Crippen LogP contribution is 2.30. The fourth-order valence-corrected chi connectivity index (χ4v) is 2.75. The lowest BCUT2D eigenvalue weighted by Gasteiger charge is -2.12. The molecule has 6 nitrogen and oxygen atoms in total. The highest BCUT2D eigenvalue weighted by Gasteiger charge is 2.12. The van der Waals surface area contributed by atoms with Gasteiger partial charge in [-0.25, -0.2) is 0 Å². The van der Waals surface area contributed by atoms with E-state index in [1.54, 1.807) is 36.4 Å². The van der Waals surface area contributed by atoms with Gasteiger partial charge in [0, 0.05) is 48.1 Å². The summed E-state index contributed by atoms with van der Waals surface area (Å²) in [7, 11) is 3.90. The number of amides is 1. The van der Waals surface area contributed by atoms with Crippen molar-refractivity contribution >= 4 is 33.7 Å². The molecule has 0 aliphatic carbocycles. The first kappa shape index (κ1) is 18.8. The highest BCUT2D eigenvalue weighted by molar-refractivity contribution is 6.11. The number of hydrogen-bond donors (Lipinski definition) is 3. The number of anilines is 3. The third-order valence-electron chi connectivity index (χ3n) is 4.28. The number of nitriles is 1. The monoisotopic (exact) mass is 372 g/mol. The molecule has 1 amide bonds. The molecule has 0 unspecified atom stereocenters. The lowest BCUT2D eigenvalue weighted by Crippen LogP contribution is -2.14. The minimum Gasteiger partial charge on any atom is -0.507 e. The van der Waals surface area contributed by atoms with Crippen molar-refractivity contribution in [2.75, 3.05) is 29.6 Å². The van der Waals surface area contributed by atoms with E-state index in [1.165, 1.54) is 6.20 Å². The average Bonchev–Trinajstić information content (AvgIpc) is 2.69. The van der Waals surface area contributed by atoms with E-state index in [1.807, 2.05) is 49.3 Å². The second-order valence-electron chi connectivity index (χ2n) is 6.39. The fourth-order valence-electron chi connectivity index (χ4n) is 2.75. The predicted molar refractivity (Wildman–Crippen MR) is 112 cm³/mol. The molecule has 0 bridgehead atoms. The molecule has 3 aromatic rings. The molecule has 0 radical (unpaired) electrons. The summed E-state index contributed by atoms with van der Waals surface area (Å²) < 4.78 is 0. The van der Waals surface area contributed by atoms with Crippen LogP contribution in [0.1, 0.15) is 0 Å². The molecule has 0 spiro atoms. The molecule has 0 fully saturated rings. The number of benzene rings is 3. The van der Waals surface area contributed by atoms with Crippen molar-refractivity contribution < 1.29 is 9.90 Å². The van der Waals surface area contributed by atoms with Crippen molar-refractivity contribution in [2.24, 2.45) is 0 Å². The quantitative estimate of drug-likeness (QED) is 0.464. The molecule has 0 aliphatic heterocycles. The van der Waals surface area contributed by atoms with Gasteiger partial charge >= 0.3 is 0 Å². The van der Waals surface area contributed by atoms with Gasteiger partial charge in [-0.1, -0.05) is 24.3 Å². The van der Waals surface area contributed by atoms with Gasteiger partial charge in [0.1, 0.15) is 17.4 Å². The topological polar surface area (TPSA) is 88.4 Å². The molecule has 0 saturated carbocycles. The number of nitrogens with zero attached hydrogens (tertiary/aromatic N) is 2. The number of fused-ring (bicyclic) bond motifs is 1. The zero-order chi connectivity index (χ0) is 20.1. The van der Waals surface area contributed by atoms with Gasteiger partial charge in [0.15, 0.2) is 0 Å². The summed E-state index contributed by atoms with van der Waals surface area (Å²) in [5.74, 6) is -0.400. The first-order valence-corrected chi connectivity index (χ1v) is 8.66. The van der Waals surface area contributed by atoms with Crippen LogP contribution in [-0.4, -0.2) is 25.1 Å². The van der Waals surface area contributed by atoms with Crippen LogP contribution in [0.25, 0.3) is 10.8 Å². The van der Waals surface area contributed by atoms with E-state index in [9.17, 15) is 15.2 Å². The first-order valence-electron chi connectivity index (χ1n) is 8.66. The van der Waals surface area contributed by atoms with E-state index >= 15 is 0 Å². The van der Waals surface area contributed by atoms with Crippen LogP contribution < -0.4 is 15.5 Å². The van der Waals surface area contributed by atoms with Gasteiger partial charge in [-0.2, -0.15) is 5.26 Å². The first-order chi connectivity index (χ1) is 13.5. The molecule has 0 aliphatic rings. The minimum atomic E-state index is -0.532. The maximum absolute atomic E-state index is 12.5. The van der Waals surface area contributed by atoms with Gasteiger partial charge in [-0.15, -0.1) is 0 Å². The van der Waals surface area contributed by atoms with Crippen molar-refractivity contribution in [3.05, 3.63) is 72.4 Å². The van der Waals surface area contributed by atoms with Crippen molar-refractivity contribution in [1.82, 2.24) is 0 Å². The van der Waals surface area contributed by atoms with Crippen molar-refractivity contribution in [3.8, 4) is 11.8 Å². The molecular formula is C22H20N4O2. The summed E-state index contributed by atoms with van der Waals surface area (Å²) in [5.41, 5.74) is 2.27. The van der Waals surface area contributed by atoms with E-state index < -0.39 is 5.91 Å². The summed E-state index contributed by atoms with van der Waals surface area (Å²) in [5, 5.41) is 26.3. The van der Waals surface area contributed by atoms with Crippen LogP contribution >= 0.6 is 0 Å². The predicted octanol–water partition coefficient (Wildman–Crippen LogP) is 4.07. The van der Waals surface area contributed by atoms with Gasteiger partial charge < -0.3 is 20.6 Å². The molecule has 140 valence electrons. The van der Waals surface area contributed by atoms with Crippen molar-refractivity contribution in [3.63, 3.8) is 0 Å². The Balaban J connectivity index is 1.78. The number of carbonyl (C=O) groups excluding carboxylic acids is 1. The Morgan fingerprint density at radius 1 is 1.04 bits per heavy atom. The Morgan fingerprint density at radius 3 is 2.39 bits per heavy atom. The maximum atomic E-state index is 12.5. The van der Waals surface area contributed by atoms with Gasteiger partial charge in [0.2, 0.25) is 0 Å². The summed E-state index contributed by atoms with van der Waals surface area (Å²) in [4.78, 5) is 14.5. The molecule has 28 heavy (non-hydrogen) atoms. The molecular weight excluding hydrogens is 352 g/mol. The molecule has 6 heteroatoms. The lowest BCUT2D eigenvalue weighted by molar-refractivity contribution is -0.112. The molecule has 0 saturated heterocycles. The van der Waals surface area contributed by atoms with Crippen LogP contribution in [0.3, 0.4) is 0 Å². The van der Waals surface area contributed by atoms with Gasteiger partial charge in [0.05, 0.1) is 0 Å². The van der Waals surface area contributed by atoms with E-state index in [-0.39, 0.29) is 11.3 Å². The largest absolute Gasteiger partial charge is 0.507 e. The normalized spacial score (nSPS) is 11.0. The standard InChI is InChI=1S/C22H20N4O2/c1-26(2)17-11-9-16(10-12-17)24-14-15(13-23)22(28)25-20-7-3-6-19-18(20)5-4-8-21(19)27/h3-12,14,24,27H,1-2H3,(H,25,28)/b15-14-. The van der Waals surface area contributed by atoms with Gasteiger partial charge in [0.25, 0.3) is 5.91 Å². The van der Waals surface area contributed by atoms with E-state index in [0.29, 0.717) is 16.5 Å². The van der Waals surface area contributed by atoms with E-state index in [2.05, 4.69) is 10.6 Å². The van der Waals surface area contributed by atoms with Crippen LogP contribution in [0.4, 0.5) is 17.1 Å². The van der Waals surface area contributed by atoms with Crippen LogP contribution in [0.15, 0.2) is 72.4 Å². The lowest BCUT2D eigenvalue weighted by atomic mass is 10.1. The third kappa shape index (κ3) is 4.05. The number of carbonyl (C=O) groups is 1. The van der Waals surface area contributed by atoms with Gasteiger partial charge in [-0.05, 0) is 36.4 Å². The van der Waals surface area contributed by atoms with Crippen LogP contribution in [0.2, 0.25) is 0 Å². The van der Waals surface area contributed by atoms with Crippen molar-refractivity contribution in [1.29, 1.82) is 5.26 Å². The molecule has 3 rings (SSSR count). The SMILES string of the molecule is CN(C)c1ccc(N/C=C(/C#N)C(=O)Nc2cccc3c(O)cccc23)cc1. The van der Waals surface area contributed by atoms with Crippen LogP contribution in [0.5, 0.6) is 5.75 Å². The van der Waals surface area contributed by atoms with Gasteiger partial charge in [-0.3, -0.25) is 4.79 Å². The average molecular weight is 372 g/mol. The molecule has 3 N–H and O–H groups in total. The number of rotatable bonds is 5. The number of phenolic OH excluding ortho intramolecular Hbond substituents is 1. The van der Waals surface area contributed by atoms with Crippen molar-refractivity contribution in [2.45, 2.75) is 0 Å². The van der Waals surface area contributed by atoms with E-state index in [0.717, 1.165) is 11.4 Å². The molecule has 0 heterocycles. The van der Waals surface area contributed by atoms with Crippen LogP contribution in [0, 0.1) is 11.3 Å². The minimum absolute atomic E-state index is 0.0613. The summed E-state index contributed by atoms with van der Waals surface area (Å²) in [6.07, 6.45) is 1.38. The molecule has 3 aromatic carbocycles. The third-order valence-corrected chi connectivity index (χ3v) is 4.28. The second kappa shape index (κ2) is 8.14. The Bertz CT molecular complexity index is 1080. The summed E-state index contributed by atoms with van der Waals surface area (Å²) in [6, 6.07) is 19.8. The number of hydrogen-bond acceptors (Lipinski definition) is 5. The fraction of sp³-hybridized carbons (Fsp3) is 0.0909. The summed E-state index contributed by atoms with van der Waals surface area (Å²) in [6.45, 7) is 0. The number of nitrogens with one attached hydrogen (secondary N) is 2. The maximum Gasteiger partial charge on any atom is 0.267 e. The summed E-state index contributed by atoms with van der Waals surface area (Å²) >= 11 is 0. The molecule has 0 aromatic heterocycles. The molecule has 0 atom stereocenters. The Hall–Kier alpha value is -3.98. The Kier molecular flexibility index (Phi) is 5.47. The second-order valence-corrected chi connectivity index (χ2v) is 6.39. The Morgan fingerprint density at radius 2 is 1.71 bits per heavy atom. The number of aromatic hydroxyl groups is 1. The number of phenols is 1. The smallest absolute Gasteiger partial charge is 0.267 e. The van der Waals surface area contributed by atoms with Crippen LogP contribution in [-0.2, 0) is 4.79 Å². The Labute approximate surface area is 163 Å². The zero-order valence-electron chi connectivity index (χ0n) is 15.6.